The Kier molecular flexibility index (Phi) is 2.96. The molecule has 0 saturated heterocycles. The van der Waals surface area contributed by atoms with E-state index in [-0.39, 0.29) is 0 Å². The second kappa shape index (κ2) is 4.66. The second-order valence-electron chi connectivity index (χ2n) is 5.31. The fourth-order valence-electron chi connectivity index (χ4n) is 2.66. The zero-order valence-corrected chi connectivity index (χ0v) is 11.7. The SMILES string of the molecule is CNC(C)(C#N)Cn1c2ccccc2c2ccccc21. The smallest absolute Gasteiger partial charge is 0.121 e. The molecular weight excluding hydrogens is 246 g/mol. The van der Waals surface area contributed by atoms with Crippen LogP contribution in [0.4, 0.5) is 0 Å². The predicted octanol–water partition coefficient (Wildman–Crippen LogP) is 3.30. The molecule has 0 spiro atoms. The van der Waals surface area contributed by atoms with Gasteiger partial charge in [-0.25, -0.2) is 0 Å². The van der Waals surface area contributed by atoms with Gasteiger partial charge in [0.1, 0.15) is 5.54 Å². The number of likely N-dealkylation sites (N-methyl/N-ethyl adjacent to an activating group) is 1. The Labute approximate surface area is 118 Å². The van der Waals surface area contributed by atoms with Crippen LogP contribution in [-0.2, 0) is 6.54 Å². The zero-order valence-electron chi connectivity index (χ0n) is 11.7. The topological polar surface area (TPSA) is 40.8 Å². The van der Waals surface area contributed by atoms with Gasteiger partial charge in [0.15, 0.2) is 0 Å². The number of para-hydroxylation sites is 2. The summed E-state index contributed by atoms with van der Waals surface area (Å²) in [5.41, 5.74) is 1.76. The third kappa shape index (κ3) is 1.86. The summed E-state index contributed by atoms with van der Waals surface area (Å²) in [7, 11) is 1.83. The van der Waals surface area contributed by atoms with E-state index in [0.717, 1.165) is 0 Å². The van der Waals surface area contributed by atoms with Gasteiger partial charge in [0, 0.05) is 21.8 Å². The summed E-state index contributed by atoms with van der Waals surface area (Å²) in [6, 6.07) is 19.1. The molecule has 20 heavy (non-hydrogen) atoms. The highest BCUT2D eigenvalue weighted by atomic mass is 15.1. The number of aromatic nitrogens is 1. The lowest BCUT2D eigenvalue weighted by atomic mass is 10.1. The summed E-state index contributed by atoms with van der Waals surface area (Å²) in [4.78, 5) is 0. The zero-order chi connectivity index (χ0) is 14.2. The van der Waals surface area contributed by atoms with Crippen molar-refractivity contribution in [3.63, 3.8) is 0 Å². The molecule has 3 nitrogen and oxygen atoms in total. The summed E-state index contributed by atoms with van der Waals surface area (Å²) in [5.74, 6) is 0. The van der Waals surface area contributed by atoms with Crippen LogP contribution in [0, 0.1) is 11.3 Å². The van der Waals surface area contributed by atoms with Crippen molar-refractivity contribution in [2.24, 2.45) is 0 Å². The van der Waals surface area contributed by atoms with E-state index in [1.165, 1.54) is 21.8 Å². The predicted molar refractivity (Wildman–Crippen MR) is 82.5 cm³/mol. The van der Waals surface area contributed by atoms with Gasteiger partial charge in [-0.1, -0.05) is 36.4 Å². The number of rotatable bonds is 3. The largest absolute Gasteiger partial charge is 0.338 e. The van der Waals surface area contributed by atoms with Crippen molar-refractivity contribution in [3.8, 4) is 6.07 Å². The van der Waals surface area contributed by atoms with E-state index < -0.39 is 5.54 Å². The Balaban J connectivity index is 2.30. The quantitative estimate of drug-likeness (QED) is 0.787. The van der Waals surface area contributed by atoms with E-state index in [1.54, 1.807) is 0 Å². The number of nitrogens with zero attached hydrogens (tertiary/aromatic N) is 2. The van der Waals surface area contributed by atoms with Crippen molar-refractivity contribution in [1.82, 2.24) is 9.88 Å². The Morgan fingerprint density at radius 2 is 1.55 bits per heavy atom. The Morgan fingerprint density at radius 1 is 1.05 bits per heavy atom. The molecule has 1 N–H and O–H groups in total. The molecule has 0 saturated carbocycles. The van der Waals surface area contributed by atoms with Gasteiger partial charge in [0.05, 0.1) is 12.6 Å². The summed E-state index contributed by atoms with van der Waals surface area (Å²) in [6.07, 6.45) is 0. The lowest BCUT2D eigenvalue weighted by Gasteiger charge is -2.22. The van der Waals surface area contributed by atoms with Crippen molar-refractivity contribution < 1.29 is 0 Å². The maximum Gasteiger partial charge on any atom is 0.121 e. The molecule has 0 bridgehead atoms. The molecule has 0 aliphatic heterocycles. The molecule has 100 valence electrons. The van der Waals surface area contributed by atoms with E-state index >= 15 is 0 Å². The van der Waals surface area contributed by atoms with Gasteiger partial charge >= 0.3 is 0 Å². The molecule has 0 fully saturated rings. The highest BCUT2D eigenvalue weighted by molar-refractivity contribution is 6.07. The van der Waals surface area contributed by atoms with E-state index in [4.69, 9.17) is 0 Å². The van der Waals surface area contributed by atoms with Crippen LogP contribution >= 0.6 is 0 Å². The molecule has 0 radical (unpaired) electrons. The highest BCUT2D eigenvalue weighted by Crippen LogP contribution is 2.29. The molecule has 2 aromatic carbocycles. The van der Waals surface area contributed by atoms with Crippen molar-refractivity contribution in [2.75, 3.05) is 7.05 Å². The third-order valence-electron chi connectivity index (χ3n) is 3.95. The van der Waals surface area contributed by atoms with E-state index in [9.17, 15) is 5.26 Å². The molecular formula is C17H17N3. The molecule has 0 aliphatic carbocycles. The number of fused-ring (bicyclic) bond motifs is 3. The van der Waals surface area contributed by atoms with Crippen LogP contribution in [0.15, 0.2) is 48.5 Å². The molecule has 0 amide bonds. The average Bonchev–Trinajstić information content (AvgIpc) is 2.82. The molecule has 1 unspecified atom stereocenters. The number of hydrogen-bond donors (Lipinski definition) is 1. The van der Waals surface area contributed by atoms with Gasteiger partial charge in [0.25, 0.3) is 0 Å². The molecule has 3 aromatic rings. The Morgan fingerprint density at radius 3 is 2.00 bits per heavy atom. The summed E-state index contributed by atoms with van der Waals surface area (Å²) in [6.45, 7) is 2.55. The summed E-state index contributed by atoms with van der Waals surface area (Å²) in [5, 5.41) is 15.0. The van der Waals surface area contributed by atoms with Gasteiger partial charge in [-0.3, -0.25) is 0 Å². The van der Waals surface area contributed by atoms with Gasteiger partial charge in [-0.2, -0.15) is 5.26 Å². The monoisotopic (exact) mass is 263 g/mol. The van der Waals surface area contributed by atoms with Crippen molar-refractivity contribution >= 4 is 21.8 Å². The second-order valence-corrected chi connectivity index (χ2v) is 5.31. The standard InChI is InChI=1S/C17H17N3/c1-17(11-18,19-2)12-20-15-9-5-3-7-13(15)14-8-4-6-10-16(14)20/h3-10,19H,12H2,1-2H3. The van der Waals surface area contributed by atoms with Crippen LogP contribution in [0.2, 0.25) is 0 Å². The molecule has 1 atom stereocenters. The number of benzene rings is 2. The molecule has 1 aromatic heterocycles. The first kappa shape index (κ1) is 12.7. The molecule has 3 heteroatoms. The van der Waals surface area contributed by atoms with Crippen molar-refractivity contribution in [1.29, 1.82) is 5.26 Å². The maximum absolute atomic E-state index is 9.40. The van der Waals surface area contributed by atoms with Crippen molar-refractivity contribution in [2.45, 2.75) is 19.0 Å². The van der Waals surface area contributed by atoms with Crippen molar-refractivity contribution in [3.05, 3.63) is 48.5 Å². The van der Waals surface area contributed by atoms with Gasteiger partial charge in [0.2, 0.25) is 0 Å². The first-order valence-electron chi connectivity index (χ1n) is 6.75. The van der Waals surface area contributed by atoms with Crippen LogP contribution in [0.5, 0.6) is 0 Å². The summed E-state index contributed by atoms with van der Waals surface area (Å²) < 4.78 is 2.23. The first-order chi connectivity index (χ1) is 9.68. The van der Waals surface area contributed by atoms with E-state index in [1.807, 2.05) is 26.1 Å². The molecule has 1 heterocycles. The average molecular weight is 263 g/mol. The lowest BCUT2D eigenvalue weighted by Crippen LogP contribution is -2.42. The number of hydrogen-bond acceptors (Lipinski definition) is 2. The molecule has 0 aliphatic rings. The molecule has 3 rings (SSSR count). The highest BCUT2D eigenvalue weighted by Gasteiger charge is 2.24. The van der Waals surface area contributed by atoms with Crippen LogP contribution < -0.4 is 5.32 Å². The normalized spacial score (nSPS) is 14.2. The Hall–Kier alpha value is -2.31. The number of nitriles is 1. The van der Waals surface area contributed by atoms with Gasteiger partial charge in [-0.15, -0.1) is 0 Å². The summed E-state index contributed by atoms with van der Waals surface area (Å²) >= 11 is 0. The fraction of sp³-hybridized carbons (Fsp3) is 0.235. The Bertz CT molecular complexity index is 757. The third-order valence-corrected chi connectivity index (χ3v) is 3.95. The minimum atomic E-state index is -0.579. The maximum atomic E-state index is 9.40. The lowest BCUT2D eigenvalue weighted by molar-refractivity contribution is 0.431. The van der Waals surface area contributed by atoms with Gasteiger partial charge in [-0.05, 0) is 26.1 Å². The fourth-order valence-corrected chi connectivity index (χ4v) is 2.66. The minimum Gasteiger partial charge on any atom is -0.338 e. The van der Waals surface area contributed by atoms with Crippen LogP contribution in [0.3, 0.4) is 0 Å². The minimum absolute atomic E-state index is 0.579. The van der Waals surface area contributed by atoms with Crippen LogP contribution in [-0.4, -0.2) is 17.2 Å². The van der Waals surface area contributed by atoms with Gasteiger partial charge < -0.3 is 9.88 Å². The van der Waals surface area contributed by atoms with E-state index in [2.05, 4.69) is 52.4 Å². The van der Waals surface area contributed by atoms with Crippen LogP contribution in [0.1, 0.15) is 6.92 Å². The number of nitrogens with one attached hydrogen (secondary N) is 1. The first-order valence-corrected chi connectivity index (χ1v) is 6.75. The van der Waals surface area contributed by atoms with Crippen LogP contribution in [0.25, 0.3) is 21.8 Å². The van der Waals surface area contributed by atoms with E-state index in [0.29, 0.717) is 6.54 Å².